The Morgan fingerprint density at radius 2 is 1.60 bits per heavy atom. The summed E-state index contributed by atoms with van der Waals surface area (Å²) in [6.07, 6.45) is 3.14. The van der Waals surface area contributed by atoms with Crippen LogP contribution in [0.3, 0.4) is 0 Å². The molecule has 0 saturated carbocycles. The summed E-state index contributed by atoms with van der Waals surface area (Å²) in [6, 6.07) is 0. The molecule has 3 atom stereocenters. The van der Waals surface area contributed by atoms with E-state index in [9.17, 15) is 14.4 Å². The molecule has 0 bridgehead atoms. The van der Waals surface area contributed by atoms with E-state index in [0.717, 1.165) is 0 Å². The molecular weight excluding hydrogens is 392 g/mol. The molecule has 0 fully saturated rings. The number of ether oxygens (including phenoxy) is 5. The lowest BCUT2D eigenvalue weighted by Gasteiger charge is -2.42. The summed E-state index contributed by atoms with van der Waals surface area (Å²) in [6.45, 7) is 13.9. The van der Waals surface area contributed by atoms with Crippen LogP contribution in [0.2, 0.25) is 0 Å². The summed E-state index contributed by atoms with van der Waals surface area (Å²) >= 11 is 0. The van der Waals surface area contributed by atoms with Gasteiger partial charge in [0, 0.05) is 12.8 Å². The zero-order chi connectivity index (χ0) is 22.9. The second kappa shape index (κ2) is 11.3. The van der Waals surface area contributed by atoms with Crippen molar-refractivity contribution in [2.75, 3.05) is 19.8 Å². The minimum Gasteiger partial charge on any atom is -0.465 e. The summed E-state index contributed by atoms with van der Waals surface area (Å²) in [5.41, 5.74) is -2.24. The van der Waals surface area contributed by atoms with E-state index in [-0.39, 0.29) is 26.2 Å². The summed E-state index contributed by atoms with van der Waals surface area (Å²) in [7, 11) is 0. The van der Waals surface area contributed by atoms with Crippen LogP contribution >= 0.6 is 0 Å². The van der Waals surface area contributed by atoms with Gasteiger partial charge in [0.1, 0.15) is 12.7 Å². The third-order valence-electron chi connectivity index (χ3n) is 4.42. The van der Waals surface area contributed by atoms with Gasteiger partial charge in [0.05, 0.1) is 18.8 Å². The highest BCUT2D eigenvalue weighted by Gasteiger charge is 2.57. The molecule has 0 saturated heterocycles. The van der Waals surface area contributed by atoms with Gasteiger partial charge in [-0.3, -0.25) is 14.4 Å². The van der Waals surface area contributed by atoms with Gasteiger partial charge in [0.25, 0.3) is 0 Å². The highest BCUT2D eigenvalue weighted by atomic mass is 16.7. The maximum absolute atomic E-state index is 13.1. The van der Waals surface area contributed by atoms with E-state index < -0.39 is 47.2 Å². The molecule has 1 rings (SSSR count). The quantitative estimate of drug-likeness (QED) is 0.228. The Kier molecular flexibility index (Phi) is 9.71. The van der Waals surface area contributed by atoms with Crippen LogP contribution in [-0.4, -0.2) is 55.7 Å². The van der Waals surface area contributed by atoms with Crippen LogP contribution < -0.4 is 0 Å². The number of esters is 3. The fourth-order valence-electron chi connectivity index (χ4n) is 3.28. The van der Waals surface area contributed by atoms with E-state index >= 15 is 0 Å². The Labute approximate surface area is 178 Å². The van der Waals surface area contributed by atoms with Crippen molar-refractivity contribution < 1.29 is 38.1 Å². The Hall–Kier alpha value is -2.19. The summed E-state index contributed by atoms with van der Waals surface area (Å²) in [5, 5.41) is 0. The van der Waals surface area contributed by atoms with E-state index in [1.165, 1.54) is 13.0 Å². The highest BCUT2D eigenvalue weighted by molar-refractivity contribution is 6.01. The number of carbonyl (C=O) groups excluding carboxylic acids is 3. The fraction of sp³-hybridized carbons (Fsp3) is 0.682. The molecule has 0 radical (unpaired) electrons. The van der Waals surface area contributed by atoms with Crippen molar-refractivity contribution >= 4 is 17.9 Å². The van der Waals surface area contributed by atoms with Crippen molar-refractivity contribution in [3.8, 4) is 0 Å². The molecule has 0 aromatic carbocycles. The number of hydrogen-bond acceptors (Lipinski definition) is 8. The van der Waals surface area contributed by atoms with Crippen LogP contribution in [0, 0.1) is 11.3 Å². The van der Waals surface area contributed by atoms with Crippen LogP contribution in [0.1, 0.15) is 48.0 Å². The zero-order valence-electron chi connectivity index (χ0n) is 18.8. The molecule has 0 aromatic heterocycles. The minimum atomic E-state index is -1.73. The van der Waals surface area contributed by atoms with Crippen LogP contribution in [0.4, 0.5) is 0 Å². The van der Waals surface area contributed by atoms with Gasteiger partial charge in [0.15, 0.2) is 11.7 Å². The van der Waals surface area contributed by atoms with Gasteiger partial charge in [-0.15, -0.1) is 6.58 Å². The van der Waals surface area contributed by atoms with Crippen LogP contribution in [0.25, 0.3) is 0 Å². The number of hydrogen-bond donors (Lipinski definition) is 0. The number of rotatable bonds is 10. The molecule has 0 aromatic rings. The minimum absolute atomic E-state index is 0.0373. The first-order valence-electron chi connectivity index (χ1n) is 10.1. The molecule has 0 amide bonds. The van der Waals surface area contributed by atoms with Crippen molar-refractivity contribution in [2.45, 2.75) is 66.0 Å². The maximum atomic E-state index is 13.1. The van der Waals surface area contributed by atoms with Gasteiger partial charge in [0.2, 0.25) is 0 Å². The molecule has 0 N–H and O–H groups in total. The smallest absolute Gasteiger partial charge is 0.324 e. The van der Waals surface area contributed by atoms with E-state index in [1.807, 2.05) is 20.8 Å². The molecule has 30 heavy (non-hydrogen) atoms. The predicted octanol–water partition coefficient (Wildman–Crippen LogP) is 2.95. The average molecular weight is 427 g/mol. The summed E-state index contributed by atoms with van der Waals surface area (Å²) in [4.78, 5) is 37.6. The average Bonchev–Trinajstić information content (AvgIpc) is 2.63. The largest absolute Gasteiger partial charge is 0.465 e. The molecule has 8 heteroatoms. The second-order valence-electron chi connectivity index (χ2n) is 7.89. The van der Waals surface area contributed by atoms with E-state index in [2.05, 4.69) is 6.58 Å². The van der Waals surface area contributed by atoms with Gasteiger partial charge in [-0.25, -0.2) is 0 Å². The molecular formula is C22H34O8. The highest BCUT2D eigenvalue weighted by Crippen LogP contribution is 2.42. The van der Waals surface area contributed by atoms with Gasteiger partial charge < -0.3 is 23.7 Å². The molecule has 0 aliphatic carbocycles. The van der Waals surface area contributed by atoms with E-state index in [0.29, 0.717) is 0 Å². The Morgan fingerprint density at radius 1 is 1.03 bits per heavy atom. The maximum Gasteiger partial charge on any atom is 0.324 e. The SMILES string of the molecule is C=CCC(C(=O)OCC)(C(=O)OCC)[C@H]1C=C[C@@H](OC(C)(C)C)O[C@@H]1COC(C)=O. The molecule has 1 aliphatic rings. The van der Waals surface area contributed by atoms with Crippen molar-refractivity contribution in [1.29, 1.82) is 0 Å². The second-order valence-corrected chi connectivity index (χ2v) is 7.89. The number of carbonyl (C=O) groups is 3. The van der Waals surface area contributed by atoms with Gasteiger partial charge in [-0.05, 0) is 47.1 Å². The molecule has 1 heterocycles. The van der Waals surface area contributed by atoms with Crippen molar-refractivity contribution in [1.82, 2.24) is 0 Å². The Bertz CT molecular complexity index is 628. The summed E-state index contributed by atoms with van der Waals surface area (Å²) in [5.74, 6) is -2.83. The Balaban J connectivity index is 3.47. The van der Waals surface area contributed by atoms with Gasteiger partial charge in [-0.2, -0.15) is 0 Å². The van der Waals surface area contributed by atoms with Crippen LogP contribution in [0.15, 0.2) is 24.8 Å². The van der Waals surface area contributed by atoms with E-state index in [1.54, 1.807) is 26.0 Å². The standard InChI is InChI=1S/C22H34O8/c1-8-13-22(19(24)26-9-2,20(25)27-10-3)16-11-12-18(30-21(5,6)7)29-17(16)14-28-15(4)23/h8,11-12,16-18H,1,9-10,13-14H2,2-7H3/t16-,17+,18+/m0/s1. The molecule has 0 spiro atoms. The first-order chi connectivity index (χ1) is 14.0. The lowest BCUT2D eigenvalue weighted by molar-refractivity contribution is -0.224. The lowest BCUT2D eigenvalue weighted by Crippen LogP contribution is -2.54. The van der Waals surface area contributed by atoms with Crippen molar-refractivity contribution in [3.05, 3.63) is 24.8 Å². The van der Waals surface area contributed by atoms with Crippen LogP contribution in [0.5, 0.6) is 0 Å². The summed E-state index contributed by atoms with van der Waals surface area (Å²) < 4.78 is 27.5. The van der Waals surface area contributed by atoms with Gasteiger partial charge >= 0.3 is 17.9 Å². The topological polar surface area (TPSA) is 97.4 Å². The molecule has 170 valence electrons. The monoisotopic (exact) mass is 426 g/mol. The number of allylic oxidation sites excluding steroid dienone is 1. The third-order valence-corrected chi connectivity index (χ3v) is 4.42. The molecule has 0 unspecified atom stereocenters. The van der Waals surface area contributed by atoms with Crippen molar-refractivity contribution in [2.24, 2.45) is 11.3 Å². The van der Waals surface area contributed by atoms with E-state index in [4.69, 9.17) is 23.7 Å². The van der Waals surface area contributed by atoms with Crippen LogP contribution in [-0.2, 0) is 38.1 Å². The van der Waals surface area contributed by atoms with Crippen molar-refractivity contribution in [3.63, 3.8) is 0 Å². The predicted molar refractivity (Wildman–Crippen MR) is 109 cm³/mol. The lowest BCUT2D eigenvalue weighted by atomic mass is 9.69. The fourth-order valence-corrected chi connectivity index (χ4v) is 3.28. The third kappa shape index (κ3) is 6.67. The Morgan fingerprint density at radius 3 is 2.03 bits per heavy atom. The van der Waals surface area contributed by atoms with Gasteiger partial charge in [-0.1, -0.05) is 12.2 Å². The normalized spacial score (nSPS) is 21.6. The molecule has 8 nitrogen and oxygen atoms in total. The zero-order valence-corrected chi connectivity index (χ0v) is 18.8. The first-order valence-corrected chi connectivity index (χ1v) is 10.1. The molecule has 1 aliphatic heterocycles. The first kappa shape index (κ1) is 25.8.